The summed E-state index contributed by atoms with van der Waals surface area (Å²) in [6.45, 7) is 6.79. The van der Waals surface area contributed by atoms with E-state index in [4.69, 9.17) is 4.74 Å². The van der Waals surface area contributed by atoms with E-state index in [1.54, 1.807) is 0 Å². The standard InChI is InChI=1S/C14H21F2NO2/c1-3-17(7-8-19-4-2)10-14(18)12-6-5-11(15)9-13(12)16/h5-6,9,14,18H,3-4,7-8,10H2,1-2H3. The molecule has 1 N–H and O–H groups in total. The Morgan fingerprint density at radius 3 is 2.63 bits per heavy atom. The summed E-state index contributed by atoms with van der Waals surface area (Å²) in [5, 5.41) is 10.0. The maximum atomic E-state index is 13.5. The molecule has 0 aliphatic rings. The van der Waals surface area contributed by atoms with Gasteiger partial charge in [0.1, 0.15) is 11.6 Å². The first-order chi connectivity index (χ1) is 9.08. The van der Waals surface area contributed by atoms with Crippen molar-refractivity contribution in [2.45, 2.75) is 20.0 Å². The quantitative estimate of drug-likeness (QED) is 0.738. The lowest BCUT2D eigenvalue weighted by atomic mass is 10.1. The van der Waals surface area contributed by atoms with Crippen LogP contribution in [0.1, 0.15) is 25.5 Å². The van der Waals surface area contributed by atoms with E-state index in [-0.39, 0.29) is 5.56 Å². The molecule has 108 valence electrons. The third kappa shape index (κ3) is 5.22. The van der Waals surface area contributed by atoms with Gasteiger partial charge in [-0.2, -0.15) is 0 Å². The van der Waals surface area contributed by atoms with E-state index in [1.807, 2.05) is 18.7 Å². The molecule has 0 bridgehead atoms. The zero-order chi connectivity index (χ0) is 14.3. The minimum absolute atomic E-state index is 0.122. The van der Waals surface area contributed by atoms with Gasteiger partial charge in [0, 0.05) is 31.3 Å². The molecule has 1 unspecified atom stereocenters. The summed E-state index contributed by atoms with van der Waals surface area (Å²) in [6.07, 6.45) is -0.970. The van der Waals surface area contributed by atoms with Gasteiger partial charge in [-0.25, -0.2) is 8.78 Å². The van der Waals surface area contributed by atoms with Crippen molar-refractivity contribution in [2.75, 3.05) is 32.8 Å². The fraction of sp³-hybridized carbons (Fsp3) is 0.571. The number of aliphatic hydroxyl groups excluding tert-OH is 1. The second-order valence-electron chi connectivity index (χ2n) is 4.27. The first kappa shape index (κ1) is 16.0. The summed E-state index contributed by atoms with van der Waals surface area (Å²) >= 11 is 0. The molecule has 0 aromatic heterocycles. The van der Waals surface area contributed by atoms with Crippen molar-refractivity contribution in [3.05, 3.63) is 35.4 Å². The highest BCUT2D eigenvalue weighted by molar-refractivity contribution is 5.21. The molecule has 0 saturated carbocycles. The zero-order valence-corrected chi connectivity index (χ0v) is 11.4. The van der Waals surface area contributed by atoms with E-state index in [0.29, 0.717) is 26.3 Å². The van der Waals surface area contributed by atoms with Crippen LogP contribution in [0, 0.1) is 11.6 Å². The van der Waals surface area contributed by atoms with Crippen LogP contribution in [-0.2, 0) is 4.74 Å². The Bertz CT molecular complexity index is 388. The second kappa shape index (κ2) is 8.19. The Morgan fingerprint density at radius 1 is 1.32 bits per heavy atom. The van der Waals surface area contributed by atoms with Gasteiger partial charge >= 0.3 is 0 Å². The normalized spacial score (nSPS) is 12.9. The Kier molecular flexibility index (Phi) is 6.91. The summed E-state index contributed by atoms with van der Waals surface area (Å²) in [6, 6.07) is 3.22. The molecule has 0 radical (unpaired) electrons. The Morgan fingerprint density at radius 2 is 2.05 bits per heavy atom. The fourth-order valence-corrected chi connectivity index (χ4v) is 1.83. The third-order valence-corrected chi connectivity index (χ3v) is 2.96. The number of likely N-dealkylation sites (N-methyl/N-ethyl adjacent to an activating group) is 1. The molecule has 3 nitrogen and oxygen atoms in total. The molecule has 0 spiro atoms. The maximum absolute atomic E-state index is 13.5. The number of hydrogen-bond donors (Lipinski definition) is 1. The first-order valence-corrected chi connectivity index (χ1v) is 6.51. The molecule has 0 aliphatic heterocycles. The van der Waals surface area contributed by atoms with Gasteiger partial charge in [-0.3, -0.25) is 4.90 Å². The smallest absolute Gasteiger partial charge is 0.131 e. The van der Waals surface area contributed by atoms with Crippen LogP contribution in [0.25, 0.3) is 0 Å². The molecule has 5 heteroatoms. The number of aliphatic hydroxyl groups is 1. The molecule has 0 fully saturated rings. The van der Waals surface area contributed by atoms with Crippen LogP contribution in [0.2, 0.25) is 0 Å². The Balaban J connectivity index is 2.58. The van der Waals surface area contributed by atoms with Crippen LogP contribution in [0.3, 0.4) is 0 Å². The average molecular weight is 273 g/mol. The van der Waals surface area contributed by atoms with Crippen molar-refractivity contribution in [1.29, 1.82) is 0 Å². The van der Waals surface area contributed by atoms with Gasteiger partial charge in [0.15, 0.2) is 0 Å². The van der Waals surface area contributed by atoms with E-state index in [0.717, 1.165) is 18.7 Å². The lowest BCUT2D eigenvalue weighted by Gasteiger charge is -2.23. The molecular weight excluding hydrogens is 252 g/mol. The van der Waals surface area contributed by atoms with E-state index >= 15 is 0 Å². The van der Waals surface area contributed by atoms with Crippen LogP contribution >= 0.6 is 0 Å². The van der Waals surface area contributed by atoms with Gasteiger partial charge in [-0.15, -0.1) is 0 Å². The highest BCUT2D eigenvalue weighted by atomic mass is 19.1. The summed E-state index contributed by atoms with van der Waals surface area (Å²) < 4.78 is 31.6. The van der Waals surface area contributed by atoms with E-state index < -0.39 is 17.7 Å². The lowest BCUT2D eigenvalue weighted by molar-refractivity contribution is 0.0777. The molecular formula is C14H21F2NO2. The molecule has 1 aromatic rings. The highest BCUT2D eigenvalue weighted by Gasteiger charge is 2.16. The predicted molar refractivity (Wildman–Crippen MR) is 69.9 cm³/mol. The zero-order valence-electron chi connectivity index (χ0n) is 11.4. The first-order valence-electron chi connectivity index (χ1n) is 6.51. The van der Waals surface area contributed by atoms with E-state index in [9.17, 15) is 13.9 Å². The Hall–Kier alpha value is -1.04. The van der Waals surface area contributed by atoms with Crippen molar-refractivity contribution in [2.24, 2.45) is 0 Å². The third-order valence-electron chi connectivity index (χ3n) is 2.96. The summed E-state index contributed by atoms with van der Waals surface area (Å²) in [4.78, 5) is 1.96. The average Bonchev–Trinajstić information content (AvgIpc) is 2.37. The minimum Gasteiger partial charge on any atom is -0.387 e. The summed E-state index contributed by atoms with van der Waals surface area (Å²) in [5.41, 5.74) is 0.122. The molecule has 1 aromatic carbocycles. The van der Waals surface area contributed by atoms with Crippen LogP contribution < -0.4 is 0 Å². The SMILES string of the molecule is CCOCCN(CC)CC(O)c1ccc(F)cc1F. The molecule has 1 rings (SSSR count). The number of benzene rings is 1. The number of nitrogens with zero attached hydrogens (tertiary/aromatic N) is 1. The van der Waals surface area contributed by atoms with Gasteiger partial charge in [0.05, 0.1) is 12.7 Å². The van der Waals surface area contributed by atoms with Crippen molar-refractivity contribution in [3.63, 3.8) is 0 Å². The molecule has 0 heterocycles. The number of rotatable bonds is 8. The van der Waals surface area contributed by atoms with Gasteiger partial charge < -0.3 is 9.84 Å². The van der Waals surface area contributed by atoms with Gasteiger partial charge in [-0.05, 0) is 19.5 Å². The lowest BCUT2D eigenvalue weighted by Crippen LogP contribution is -2.32. The number of hydrogen-bond acceptors (Lipinski definition) is 3. The van der Waals surface area contributed by atoms with Crippen LogP contribution in [0.4, 0.5) is 8.78 Å². The van der Waals surface area contributed by atoms with E-state index in [1.165, 1.54) is 6.07 Å². The summed E-state index contributed by atoms with van der Waals surface area (Å²) in [7, 11) is 0. The largest absolute Gasteiger partial charge is 0.387 e. The Labute approximate surface area is 112 Å². The molecule has 0 amide bonds. The monoisotopic (exact) mass is 273 g/mol. The predicted octanol–water partition coefficient (Wildman–Crippen LogP) is 2.36. The van der Waals surface area contributed by atoms with Gasteiger partial charge in [-0.1, -0.05) is 13.0 Å². The van der Waals surface area contributed by atoms with Crippen molar-refractivity contribution < 1.29 is 18.6 Å². The summed E-state index contributed by atoms with van der Waals surface area (Å²) in [5.74, 6) is -1.36. The van der Waals surface area contributed by atoms with Crippen molar-refractivity contribution in [1.82, 2.24) is 4.90 Å². The minimum atomic E-state index is -0.970. The topological polar surface area (TPSA) is 32.7 Å². The molecule has 0 saturated heterocycles. The number of ether oxygens (including phenoxy) is 1. The van der Waals surface area contributed by atoms with Crippen LogP contribution in [0.5, 0.6) is 0 Å². The second-order valence-corrected chi connectivity index (χ2v) is 4.27. The van der Waals surface area contributed by atoms with Gasteiger partial charge in [0.25, 0.3) is 0 Å². The molecule has 0 aliphatic carbocycles. The van der Waals surface area contributed by atoms with Crippen LogP contribution in [0.15, 0.2) is 18.2 Å². The number of halogens is 2. The maximum Gasteiger partial charge on any atom is 0.131 e. The van der Waals surface area contributed by atoms with Crippen molar-refractivity contribution >= 4 is 0 Å². The molecule has 19 heavy (non-hydrogen) atoms. The molecule has 1 atom stereocenters. The fourth-order valence-electron chi connectivity index (χ4n) is 1.83. The van der Waals surface area contributed by atoms with E-state index in [2.05, 4.69) is 0 Å². The van der Waals surface area contributed by atoms with Crippen molar-refractivity contribution in [3.8, 4) is 0 Å². The van der Waals surface area contributed by atoms with Gasteiger partial charge in [0.2, 0.25) is 0 Å². The van der Waals surface area contributed by atoms with Crippen LogP contribution in [-0.4, -0.2) is 42.9 Å². The highest BCUT2D eigenvalue weighted by Crippen LogP contribution is 2.19.